The van der Waals surface area contributed by atoms with E-state index in [9.17, 15) is 28.7 Å². The summed E-state index contributed by atoms with van der Waals surface area (Å²) >= 11 is 0. The van der Waals surface area contributed by atoms with Crippen LogP contribution in [0.15, 0.2) is 64.6 Å². The number of nitrogens with zero attached hydrogens (tertiary/aromatic N) is 2. The lowest BCUT2D eigenvalue weighted by Crippen LogP contribution is -2.14. The number of nitro groups is 1. The largest absolute Gasteiger partial charge is 0.504 e. The Morgan fingerprint density at radius 1 is 0.969 bits per heavy atom. The molecule has 32 heavy (non-hydrogen) atoms. The molecule has 0 aliphatic heterocycles. The molecule has 3 rings (SSSR count). The van der Waals surface area contributed by atoms with E-state index in [0.29, 0.717) is 11.3 Å². The number of hydrogen-bond acceptors (Lipinski definition) is 8. The summed E-state index contributed by atoms with van der Waals surface area (Å²) in [6, 6.07) is 12.6. The first-order chi connectivity index (χ1) is 15.1. The molecule has 0 bridgehead atoms. The molecule has 0 saturated carbocycles. The average Bonchev–Trinajstić information content (AvgIpc) is 2.72. The zero-order chi connectivity index (χ0) is 23.5. The van der Waals surface area contributed by atoms with Crippen LogP contribution in [0.1, 0.15) is 16.7 Å². The molecule has 166 valence electrons. The van der Waals surface area contributed by atoms with Crippen molar-refractivity contribution in [2.24, 2.45) is 5.10 Å². The van der Waals surface area contributed by atoms with Crippen LogP contribution in [0.3, 0.4) is 0 Å². The van der Waals surface area contributed by atoms with Gasteiger partial charge in [-0.05, 0) is 61.4 Å². The fourth-order valence-corrected chi connectivity index (χ4v) is 4.00. The Balaban J connectivity index is 1.85. The van der Waals surface area contributed by atoms with Crippen molar-refractivity contribution < 1.29 is 23.6 Å². The van der Waals surface area contributed by atoms with Crippen LogP contribution in [0.5, 0.6) is 11.5 Å². The third kappa shape index (κ3) is 5.13. The minimum absolute atomic E-state index is 0.0280. The number of aromatic hydroxyl groups is 2. The number of nitrogens with one attached hydrogen (secondary N) is 2. The molecule has 3 aromatic rings. The second kappa shape index (κ2) is 8.94. The minimum atomic E-state index is -4.07. The van der Waals surface area contributed by atoms with E-state index in [1.54, 1.807) is 19.1 Å². The van der Waals surface area contributed by atoms with E-state index in [4.69, 9.17) is 0 Å². The second-order valence-electron chi connectivity index (χ2n) is 6.98. The summed E-state index contributed by atoms with van der Waals surface area (Å²) < 4.78 is 28.0. The van der Waals surface area contributed by atoms with E-state index >= 15 is 0 Å². The van der Waals surface area contributed by atoms with Gasteiger partial charge in [-0.3, -0.25) is 20.3 Å². The van der Waals surface area contributed by atoms with Gasteiger partial charge in [0, 0.05) is 6.07 Å². The van der Waals surface area contributed by atoms with E-state index < -0.39 is 20.6 Å². The van der Waals surface area contributed by atoms with Crippen molar-refractivity contribution in [3.05, 3.63) is 81.4 Å². The van der Waals surface area contributed by atoms with Gasteiger partial charge in [0.2, 0.25) is 0 Å². The summed E-state index contributed by atoms with van der Waals surface area (Å²) in [7, 11) is -4.07. The van der Waals surface area contributed by atoms with Crippen molar-refractivity contribution in [3.63, 3.8) is 0 Å². The van der Waals surface area contributed by atoms with Gasteiger partial charge in [0.25, 0.3) is 15.7 Å². The molecule has 0 aliphatic carbocycles. The standard InChI is InChI=1S/C21H20N4O6S/c1-13-3-6-17(14(2)9-13)24-32(30,31)16-5-7-18(19(11-16)25(28)29)23-22-12-15-4-8-20(26)21(27)10-15/h3-12,23-24,26-27H,1-2H3. The van der Waals surface area contributed by atoms with Crippen LogP contribution in [0.2, 0.25) is 0 Å². The summed E-state index contributed by atoms with van der Waals surface area (Å²) in [4.78, 5) is 10.5. The molecular weight excluding hydrogens is 436 g/mol. The van der Waals surface area contributed by atoms with Crippen LogP contribution in [-0.4, -0.2) is 29.8 Å². The lowest BCUT2D eigenvalue weighted by Gasteiger charge is -2.12. The van der Waals surface area contributed by atoms with Crippen LogP contribution in [0, 0.1) is 24.0 Å². The molecule has 0 aliphatic rings. The third-order valence-corrected chi connectivity index (χ3v) is 5.86. The smallest absolute Gasteiger partial charge is 0.295 e. The first-order valence-electron chi connectivity index (χ1n) is 9.26. The van der Waals surface area contributed by atoms with Crippen LogP contribution in [0.4, 0.5) is 17.1 Å². The maximum atomic E-state index is 12.8. The van der Waals surface area contributed by atoms with Gasteiger partial charge in [-0.25, -0.2) is 8.42 Å². The second-order valence-corrected chi connectivity index (χ2v) is 8.66. The number of benzene rings is 3. The van der Waals surface area contributed by atoms with Gasteiger partial charge < -0.3 is 10.2 Å². The molecule has 3 aromatic carbocycles. The van der Waals surface area contributed by atoms with Gasteiger partial charge in [-0.1, -0.05) is 17.7 Å². The van der Waals surface area contributed by atoms with Crippen molar-refractivity contribution in [1.29, 1.82) is 0 Å². The van der Waals surface area contributed by atoms with E-state index in [0.717, 1.165) is 17.2 Å². The zero-order valence-corrected chi connectivity index (χ0v) is 17.9. The van der Waals surface area contributed by atoms with Gasteiger partial charge in [0.15, 0.2) is 11.5 Å². The number of sulfonamides is 1. The highest BCUT2D eigenvalue weighted by atomic mass is 32.2. The minimum Gasteiger partial charge on any atom is -0.504 e. The number of anilines is 2. The Morgan fingerprint density at radius 2 is 1.69 bits per heavy atom. The van der Waals surface area contributed by atoms with Crippen molar-refractivity contribution in [1.82, 2.24) is 0 Å². The molecule has 4 N–H and O–H groups in total. The molecule has 0 heterocycles. The number of phenolic OH excluding ortho intramolecular Hbond substituents is 2. The number of hydrazone groups is 1. The van der Waals surface area contributed by atoms with Crippen LogP contribution in [0.25, 0.3) is 0 Å². The van der Waals surface area contributed by atoms with Gasteiger partial charge in [-0.2, -0.15) is 5.10 Å². The number of aryl methyl sites for hydroxylation is 2. The highest BCUT2D eigenvalue weighted by Gasteiger charge is 2.22. The molecule has 0 saturated heterocycles. The molecule has 10 nitrogen and oxygen atoms in total. The third-order valence-electron chi connectivity index (χ3n) is 4.50. The average molecular weight is 456 g/mol. The fourth-order valence-electron chi connectivity index (χ4n) is 2.85. The van der Waals surface area contributed by atoms with Crippen molar-refractivity contribution >= 4 is 33.3 Å². The van der Waals surface area contributed by atoms with Gasteiger partial charge >= 0.3 is 0 Å². The lowest BCUT2D eigenvalue weighted by molar-refractivity contribution is -0.384. The Kier molecular flexibility index (Phi) is 6.30. The molecule has 0 aromatic heterocycles. The summed E-state index contributed by atoms with van der Waals surface area (Å²) in [6.45, 7) is 3.64. The van der Waals surface area contributed by atoms with Crippen LogP contribution in [-0.2, 0) is 10.0 Å². The molecular formula is C21H20N4O6S. The Labute approximate surface area is 184 Å². The summed E-state index contributed by atoms with van der Waals surface area (Å²) in [6.07, 6.45) is 1.27. The maximum absolute atomic E-state index is 12.8. The SMILES string of the molecule is Cc1ccc(NS(=O)(=O)c2ccc(NN=Cc3ccc(O)c(O)c3)c([N+](=O)[O-])c2)c(C)c1. The number of rotatable bonds is 7. The van der Waals surface area contributed by atoms with Crippen LogP contribution >= 0.6 is 0 Å². The molecule has 0 amide bonds. The predicted molar refractivity (Wildman–Crippen MR) is 121 cm³/mol. The van der Waals surface area contributed by atoms with E-state index in [-0.39, 0.29) is 22.1 Å². The predicted octanol–water partition coefficient (Wildman–Crippen LogP) is 3.87. The first-order valence-corrected chi connectivity index (χ1v) is 10.7. The van der Waals surface area contributed by atoms with Gasteiger partial charge in [0.1, 0.15) is 5.69 Å². The summed E-state index contributed by atoms with van der Waals surface area (Å²) in [5.41, 5.74) is 4.47. The molecule has 0 atom stereocenters. The van der Waals surface area contributed by atoms with Crippen molar-refractivity contribution in [2.75, 3.05) is 10.1 Å². The Hall–Kier alpha value is -4.12. The first kappa shape index (κ1) is 22.6. The Bertz CT molecular complexity index is 1320. The van der Waals surface area contributed by atoms with Crippen LogP contribution < -0.4 is 10.1 Å². The zero-order valence-electron chi connectivity index (χ0n) is 17.1. The van der Waals surface area contributed by atoms with E-state index in [1.165, 1.54) is 36.5 Å². The van der Waals surface area contributed by atoms with E-state index in [1.807, 2.05) is 13.0 Å². The summed E-state index contributed by atoms with van der Waals surface area (Å²) in [5.74, 6) is -0.636. The number of nitro benzene ring substituents is 1. The van der Waals surface area contributed by atoms with Gasteiger partial charge in [0.05, 0.1) is 21.7 Å². The topological polar surface area (TPSA) is 154 Å². The fraction of sp³-hybridized carbons (Fsp3) is 0.0952. The van der Waals surface area contributed by atoms with Gasteiger partial charge in [-0.15, -0.1) is 0 Å². The number of phenols is 2. The highest BCUT2D eigenvalue weighted by molar-refractivity contribution is 7.92. The quantitative estimate of drug-likeness (QED) is 0.182. The monoisotopic (exact) mass is 456 g/mol. The van der Waals surface area contributed by atoms with E-state index in [2.05, 4.69) is 15.2 Å². The molecule has 0 unspecified atom stereocenters. The lowest BCUT2D eigenvalue weighted by atomic mass is 10.1. The highest BCUT2D eigenvalue weighted by Crippen LogP contribution is 2.29. The molecule has 11 heteroatoms. The normalized spacial score (nSPS) is 11.4. The maximum Gasteiger partial charge on any atom is 0.295 e. The van der Waals surface area contributed by atoms with Crippen molar-refractivity contribution in [2.45, 2.75) is 18.7 Å². The Morgan fingerprint density at radius 3 is 2.34 bits per heavy atom. The van der Waals surface area contributed by atoms with Crippen molar-refractivity contribution in [3.8, 4) is 11.5 Å². The molecule has 0 spiro atoms. The summed E-state index contributed by atoms with van der Waals surface area (Å²) in [5, 5.41) is 34.2. The number of hydrogen-bond donors (Lipinski definition) is 4. The molecule has 0 radical (unpaired) electrons. The molecule has 0 fully saturated rings.